The van der Waals surface area contributed by atoms with Gasteiger partial charge in [0.15, 0.2) is 0 Å². The fourth-order valence-corrected chi connectivity index (χ4v) is 3.33. The third-order valence-electron chi connectivity index (χ3n) is 2.20. The summed E-state index contributed by atoms with van der Waals surface area (Å²) in [6.07, 6.45) is 0. The fourth-order valence-electron chi connectivity index (χ4n) is 1.52. The van der Waals surface area contributed by atoms with Gasteiger partial charge in [0.05, 0.1) is 0 Å². The third kappa shape index (κ3) is 3.03. The summed E-state index contributed by atoms with van der Waals surface area (Å²) in [5, 5.41) is 2.64. The Hall–Kier alpha value is 0.0300. The minimum absolute atomic E-state index is 0. The molecule has 0 bridgehead atoms. The molecule has 0 amide bonds. The molecule has 0 spiro atoms. The highest BCUT2D eigenvalue weighted by atomic mass is 127. The first-order chi connectivity index (χ1) is 7.33. The van der Waals surface area contributed by atoms with Crippen molar-refractivity contribution in [3.05, 3.63) is 40.0 Å². The van der Waals surface area contributed by atoms with Crippen LogP contribution in [0.5, 0.6) is 0 Å². The van der Waals surface area contributed by atoms with Crippen LogP contribution in [0.4, 0.5) is 0 Å². The predicted molar refractivity (Wildman–Crippen MR) is 83.7 cm³/mol. The molecule has 1 nitrogen and oxygen atoms in total. The molecule has 2 aromatic rings. The lowest BCUT2D eigenvalue weighted by Crippen LogP contribution is -2.01. The van der Waals surface area contributed by atoms with Gasteiger partial charge in [-0.1, -0.05) is 30.3 Å². The zero-order valence-corrected chi connectivity index (χ0v) is 12.4. The van der Waals surface area contributed by atoms with E-state index in [0.29, 0.717) is 0 Å². The van der Waals surface area contributed by atoms with Gasteiger partial charge < -0.3 is 5.73 Å². The van der Waals surface area contributed by atoms with E-state index in [1.165, 1.54) is 19.2 Å². The van der Waals surface area contributed by atoms with Crippen molar-refractivity contribution in [2.24, 2.45) is 5.73 Å². The highest BCUT2D eigenvalue weighted by Crippen LogP contribution is 2.32. The average molecular weight is 366 g/mol. The van der Waals surface area contributed by atoms with Crippen LogP contribution in [0.2, 0.25) is 0 Å². The van der Waals surface area contributed by atoms with E-state index < -0.39 is 0 Å². The van der Waals surface area contributed by atoms with Crippen molar-refractivity contribution in [3.63, 3.8) is 0 Å². The minimum Gasteiger partial charge on any atom is -0.330 e. The number of nitrogens with two attached hydrogens (primary N) is 1. The van der Waals surface area contributed by atoms with E-state index >= 15 is 0 Å². The van der Waals surface area contributed by atoms with E-state index in [9.17, 15) is 0 Å². The smallest absolute Gasteiger partial charge is 0.0285 e. The third-order valence-corrected chi connectivity index (χ3v) is 4.63. The monoisotopic (exact) mass is 365 g/mol. The molecule has 0 aliphatic rings. The molecule has 0 aromatic heterocycles. The van der Waals surface area contributed by atoms with E-state index in [0.717, 1.165) is 12.3 Å². The van der Waals surface area contributed by atoms with Crippen LogP contribution in [0.15, 0.2) is 41.3 Å². The van der Waals surface area contributed by atoms with Gasteiger partial charge in [0, 0.05) is 20.8 Å². The number of fused-ring (bicyclic) bond motifs is 1. The molecule has 2 N–H and O–H groups in total. The molecule has 16 heavy (non-hydrogen) atoms. The molecule has 2 rings (SSSR count). The van der Waals surface area contributed by atoms with E-state index in [1.807, 2.05) is 11.8 Å². The molecule has 0 radical (unpaired) electrons. The summed E-state index contributed by atoms with van der Waals surface area (Å²) in [4.78, 5) is 1.36. The Morgan fingerprint density at radius 1 is 1.12 bits per heavy atom. The topological polar surface area (TPSA) is 26.0 Å². The first-order valence-corrected chi connectivity index (χ1v) is 6.89. The summed E-state index contributed by atoms with van der Waals surface area (Å²) >= 11 is 4.23. The van der Waals surface area contributed by atoms with Gasteiger partial charge >= 0.3 is 0 Å². The quantitative estimate of drug-likeness (QED) is 0.659. The summed E-state index contributed by atoms with van der Waals surface area (Å²) in [6, 6.07) is 12.8. The van der Waals surface area contributed by atoms with Gasteiger partial charge in [0.25, 0.3) is 0 Å². The maximum atomic E-state index is 5.55. The number of benzene rings is 2. The summed E-state index contributed by atoms with van der Waals surface area (Å²) in [5.41, 5.74) is 5.55. The van der Waals surface area contributed by atoms with Crippen LogP contribution < -0.4 is 5.73 Å². The molecule has 0 heterocycles. The lowest BCUT2D eigenvalue weighted by molar-refractivity contribution is 1.15. The Balaban J connectivity index is 0.00000128. The van der Waals surface area contributed by atoms with Crippen molar-refractivity contribution in [3.8, 4) is 0 Å². The molecule has 0 unspecified atom stereocenters. The normalized spacial score (nSPS) is 10.1. The van der Waals surface area contributed by atoms with Crippen molar-refractivity contribution in [2.75, 3.05) is 12.3 Å². The van der Waals surface area contributed by atoms with Gasteiger partial charge in [-0.3, -0.25) is 0 Å². The van der Waals surface area contributed by atoms with Gasteiger partial charge in [-0.05, 0) is 39.4 Å². The van der Waals surface area contributed by atoms with Gasteiger partial charge in [0.1, 0.15) is 0 Å². The molecule has 4 heteroatoms. The molecule has 0 fully saturated rings. The van der Waals surface area contributed by atoms with Crippen molar-refractivity contribution in [1.82, 2.24) is 0 Å². The first kappa shape index (κ1) is 14.1. The van der Waals surface area contributed by atoms with Crippen LogP contribution in [0.25, 0.3) is 10.8 Å². The maximum Gasteiger partial charge on any atom is 0.0285 e. The molecule has 0 saturated heterocycles. The minimum atomic E-state index is 0. The van der Waals surface area contributed by atoms with Gasteiger partial charge in [-0.15, -0.1) is 24.2 Å². The zero-order chi connectivity index (χ0) is 10.7. The lowest BCUT2D eigenvalue weighted by atomic mass is 10.1. The summed E-state index contributed by atoms with van der Waals surface area (Å²) in [7, 11) is 0. The van der Waals surface area contributed by atoms with Crippen molar-refractivity contribution in [2.45, 2.75) is 4.90 Å². The molecule has 0 aliphatic carbocycles. The van der Waals surface area contributed by atoms with E-state index in [1.54, 1.807) is 0 Å². The van der Waals surface area contributed by atoms with Crippen LogP contribution >= 0.6 is 46.8 Å². The molecule has 2 aromatic carbocycles. The SMILES string of the molecule is Cl.NCCSc1c(I)ccc2ccccc12. The van der Waals surface area contributed by atoms with E-state index in [2.05, 4.69) is 59.0 Å². The largest absolute Gasteiger partial charge is 0.330 e. The molecule has 0 aliphatic heterocycles. The Morgan fingerprint density at radius 3 is 2.62 bits per heavy atom. The number of halogens is 2. The summed E-state index contributed by atoms with van der Waals surface area (Å²) in [5.74, 6) is 0.976. The molecular formula is C12H13ClINS. The highest BCUT2D eigenvalue weighted by molar-refractivity contribution is 14.1. The Labute approximate surface area is 120 Å². The Bertz CT molecular complexity index is 476. The van der Waals surface area contributed by atoms with Gasteiger partial charge in [0.2, 0.25) is 0 Å². The van der Waals surface area contributed by atoms with Crippen molar-refractivity contribution >= 4 is 57.5 Å². The predicted octanol–water partition coefficient (Wildman–Crippen LogP) is 3.92. The number of hydrogen-bond acceptors (Lipinski definition) is 2. The van der Waals surface area contributed by atoms with Crippen LogP contribution in [0, 0.1) is 3.57 Å². The molecule has 0 atom stereocenters. The second-order valence-electron chi connectivity index (χ2n) is 3.23. The van der Waals surface area contributed by atoms with Crippen LogP contribution in [0.1, 0.15) is 0 Å². The van der Waals surface area contributed by atoms with E-state index in [-0.39, 0.29) is 12.4 Å². The Morgan fingerprint density at radius 2 is 1.88 bits per heavy atom. The average Bonchev–Trinajstić information content (AvgIpc) is 2.28. The second-order valence-corrected chi connectivity index (χ2v) is 5.50. The molecular weight excluding hydrogens is 353 g/mol. The molecule has 86 valence electrons. The summed E-state index contributed by atoms with van der Waals surface area (Å²) in [6.45, 7) is 0.726. The summed E-state index contributed by atoms with van der Waals surface area (Å²) < 4.78 is 1.31. The Kier molecular flexibility index (Phi) is 5.89. The van der Waals surface area contributed by atoms with Gasteiger partial charge in [-0.25, -0.2) is 0 Å². The maximum absolute atomic E-state index is 5.55. The zero-order valence-electron chi connectivity index (χ0n) is 8.65. The standard InChI is InChI=1S/C12H12INS.ClH/c13-11-6-5-9-3-1-2-4-10(9)12(11)15-8-7-14;/h1-6H,7-8,14H2;1H. The van der Waals surface area contributed by atoms with E-state index in [4.69, 9.17) is 5.73 Å². The van der Waals surface area contributed by atoms with Crippen LogP contribution in [-0.4, -0.2) is 12.3 Å². The molecule has 0 saturated carbocycles. The fraction of sp³-hybridized carbons (Fsp3) is 0.167. The highest BCUT2D eigenvalue weighted by Gasteiger charge is 2.05. The lowest BCUT2D eigenvalue weighted by Gasteiger charge is -2.07. The number of rotatable bonds is 3. The van der Waals surface area contributed by atoms with Crippen LogP contribution in [-0.2, 0) is 0 Å². The number of hydrogen-bond donors (Lipinski definition) is 1. The van der Waals surface area contributed by atoms with Crippen molar-refractivity contribution < 1.29 is 0 Å². The van der Waals surface area contributed by atoms with Crippen molar-refractivity contribution in [1.29, 1.82) is 0 Å². The number of thioether (sulfide) groups is 1. The first-order valence-electron chi connectivity index (χ1n) is 4.83. The van der Waals surface area contributed by atoms with Crippen LogP contribution in [0.3, 0.4) is 0 Å². The van der Waals surface area contributed by atoms with Gasteiger partial charge in [-0.2, -0.15) is 0 Å². The second kappa shape index (κ2) is 6.69.